The first-order chi connectivity index (χ1) is 11.7. The number of aromatic nitrogens is 3. The Morgan fingerprint density at radius 1 is 1.29 bits per heavy atom. The van der Waals surface area contributed by atoms with Gasteiger partial charge in [0.2, 0.25) is 0 Å². The third kappa shape index (κ3) is 2.50. The number of rotatable bonds is 3. The largest absolute Gasteiger partial charge is 0.459 e. The molecule has 0 bridgehead atoms. The molecule has 122 valence electrons. The molecule has 1 aliphatic heterocycles. The summed E-state index contributed by atoms with van der Waals surface area (Å²) in [4.78, 5) is 23.0. The van der Waals surface area contributed by atoms with E-state index in [9.17, 15) is 4.79 Å². The highest BCUT2D eigenvalue weighted by Gasteiger charge is 2.31. The lowest BCUT2D eigenvalue weighted by Crippen LogP contribution is -2.29. The number of hydrogen-bond donors (Lipinski definition) is 0. The van der Waals surface area contributed by atoms with Gasteiger partial charge in [0.15, 0.2) is 5.76 Å². The van der Waals surface area contributed by atoms with Crippen LogP contribution in [0.1, 0.15) is 28.7 Å². The molecule has 6 heteroatoms. The summed E-state index contributed by atoms with van der Waals surface area (Å²) < 4.78 is 7.45. The molecular formula is C18H18N4O2. The van der Waals surface area contributed by atoms with E-state index in [2.05, 4.69) is 14.5 Å². The lowest BCUT2D eigenvalue weighted by atomic mass is 10.2. The molecule has 0 N–H and O–H groups in total. The first-order valence-corrected chi connectivity index (χ1v) is 8.01. The lowest BCUT2D eigenvalue weighted by molar-refractivity contribution is 0.0756. The van der Waals surface area contributed by atoms with Gasteiger partial charge in [0.1, 0.15) is 5.82 Å². The van der Waals surface area contributed by atoms with Crippen LogP contribution in [0.4, 0.5) is 0 Å². The summed E-state index contributed by atoms with van der Waals surface area (Å²) in [5.74, 6) is 1.24. The summed E-state index contributed by atoms with van der Waals surface area (Å²) in [7, 11) is 0. The Morgan fingerprint density at radius 3 is 2.96 bits per heavy atom. The molecular weight excluding hydrogens is 304 g/mol. The Hall–Kier alpha value is -2.89. The normalized spacial score (nSPS) is 17.4. The summed E-state index contributed by atoms with van der Waals surface area (Å²) in [5, 5.41) is 0. The van der Waals surface area contributed by atoms with Crippen LogP contribution in [0.5, 0.6) is 0 Å². The molecule has 1 atom stereocenters. The van der Waals surface area contributed by atoms with Crippen molar-refractivity contribution in [1.82, 2.24) is 19.4 Å². The van der Waals surface area contributed by atoms with E-state index in [0.29, 0.717) is 18.8 Å². The molecule has 3 aromatic heterocycles. The number of nitrogens with zero attached hydrogens (tertiary/aromatic N) is 4. The summed E-state index contributed by atoms with van der Waals surface area (Å²) >= 11 is 0. The van der Waals surface area contributed by atoms with Gasteiger partial charge in [-0.1, -0.05) is 0 Å². The summed E-state index contributed by atoms with van der Waals surface area (Å²) in [6, 6.07) is 7.57. The van der Waals surface area contributed by atoms with E-state index < -0.39 is 0 Å². The van der Waals surface area contributed by atoms with Crippen molar-refractivity contribution >= 4 is 5.91 Å². The predicted molar refractivity (Wildman–Crippen MR) is 88.5 cm³/mol. The molecule has 6 nitrogen and oxygen atoms in total. The minimum Gasteiger partial charge on any atom is -0.459 e. The van der Waals surface area contributed by atoms with Gasteiger partial charge in [-0.3, -0.25) is 9.78 Å². The van der Waals surface area contributed by atoms with Gasteiger partial charge in [0.05, 0.1) is 12.3 Å². The van der Waals surface area contributed by atoms with Gasteiger partial charge >= 0.3 is 0 Å². The van der Waals surface area contributed by atoms with Crippen LogP contribution in [0.25, 0.3) is 11.4 Å². The molecule has 24 heavy (non-hydrogen) atoms. The van der Waals surface area contributed by atoms with Gasteiger partial charge in [-0.15, -0.1) is 0 Å². The van der Waals surface area contributed by atoms with Crippen molar-refractivity contribution < 1.29 is 9.21 Å². The predicted octanol–water partition coefficient (Wildman–Crippen LogP) is 2.93. The van der Waals surface area contributed by atoms with Gasteiger partial charge in [0, 0.05) is 42.9 Å². The van der Waals surface area contributed by atoms with Crippen molar-refractivity contribution in [2.75, 3.05) is 13.1 Å². The fourth-order valence-electron chi connectivity index (χ4n) is 3.31. The Labute approximate surface area is 139 Å². The molecule has 0 radical (unpaired) electrons. The summed E-state index contributed by atoms with van der Waals surface area (Å²) in [5.41, 5.74) is 2.08. The van der Waals surface area contributed by atoms with Crippen LogP contribution >= 0.6 is 0 Å². The molecule has 3 aromatic rings. The number of hydrogen-bond acceptors (Lipinski definition) is 4. The third-order valence-electron chi connectivity index (χ3n) is 4.45. The third-order valence-corrected chi connectivity index (χ3v) is 4.45. The molecule has 0 spiro atoms. The maximum Gasteiger partial charge on any atom is 0.289 e. The van der Waals surface area contributed by atoms with Crippen LogP contribution in [0.15, 0.2) is 53.5 Å². The first-order valence-electron chi connectivity index (χ1n) is 8.01. The molecule has 0 aromatic carbocycles. The van der Waals surface area contributed by atoms with Gasteiger partial charge in [-0.2, -0.15) is 0 Å². The fraction of sp³-hybridized carbons (Fsp3) is 0.278. The highest BCUT2D eigenvalue weighted by Crippen LogP contribution is 2.30. The van der Waals surface area contributed by atoms with E-state index in [1.807, 2.05) is 36.4 Å². The molecule has 0 aliphatic carbocycles. The van der Waals surface area contributed by atoms with Gasteiger partial charge in [-0.05, 0) is 37.6 Å². The lowest BCUT2D eigenvalue weighted by Gasteiger charge is -2.19. The van der Waals surface area contributed by atoms with Crippen LogP contribution in [0.2, 0.25) is 0 Å². The van der Waals surface area contributed by atoms with E-state index in [0.717, 1.165) is 23.5 Å². The van der Waals surface area contributed by atoms with Crippen LogP contribution < -0.4 is 0 Å². The Morgan fingerprint density at radius 2 is 2.21 bits per heavy atom. The second-order valence-electron chi connectivity index (χ2n) is 6.01. The van der Waals surface area contributed by atoms with Crippen LogP contribution in [0, 0.1) is 6.92 Å². The van der Waals surface area contributed by atoms with E-state index in [4.69, 9.17) is 4.42 Å². The number of carbonyl (C=O) groups excluding carboxylic acids is 1. The van der Waals surface area contributed by atoms with Crippen LogP contribution in [-0.4, -0.2) is 38.4 Å². The smallest absolute Gasteiger partial charge is 0.289 e. The van der Waals surface area contributed by atoms with Crippen LogP contribution in [0.3, 0.4) is 0 Å². The molecule has 0 saturated carbocycles. The van der Waals surface area contributed by atoms with Gasteiger partial charge in [-0.25, -0.2) is 4.98 Å². The van der Waals surface area contributed by atoms with Crippen molar-refractivity contribution in [2.24, 2.45) is 0 Å². The zero-order chi connectivity index (χ0) is 16.5. The SMILES string of the molecule is Cc1cnc(-c2cccnc2)n1C1CCN(C(=O)c2ccco2)C1. The second-order valence-corrected chi connectivity index (χ2v) is 6.01. The minimum absolute atomic E-state index is 0.0526. The van der Waals surface area contributed by atoms with E-state index in [1.165, 1.54) is 6.26 Å². The molecule has 1 aliphatic rings. The van der Waals surface area contributed by atoms with Crippen molar-refractivity contribution in [3.63, 3.8) is 0 Å². The van der Waals surface area contributed by atoms with E-state index >= 15 is 0 Å². The zero-order valence-electron chi connectivity index (χ0n) is 13.4. The van der Waals surface area contributed by atoms with Crippen molar-refractivity contribution in [1.29, 1.82) is 0 Å². The fourth-order valence-corrected chi connectivity index (χ4v) is 3.31. The highest BCUT2D eigenvalue weighted by atomic mass is 16.3. The van der Waals surface area contributed by atoms with Crippen molar-refractivity contribution in [3.8, 4) is 11.4 Å². The number of amides is 1. The number of imidazole rings is 1. The molecule has 1 unspecified atom stereocenters. The monoisotopic (exact) mass is 322 g/mol. The van der Waals surface area contributed by atoms with E-state index in [-0.39, 0.29) is 11.9 Å². The summed E-state index contributed by atoms with van der Waals surface area (Å²) in [6.45, 7) is 3.42. The Balaban J connectivity index is 1.60. The van der Waals surface area contributed by atoms with Gasteiger partial charge < -0.3 is 13.9 Å². The standard InChI is InChI=1S/C18H18N4O2/c1-13-10-20-17(14-4-2-7-19-11-14)22(13)15-6-8-21(12-15)18(23)16-5-3-9-24-16/h2-5,7,9-11,15H,6,8,12H2,1H3. The summed E-state index contributed by atoms with van der Waals surface area (Å²) in [6.07, 6.45) is 7.87. The zero-order valence-corrected chi connectivity index (χ0v) is 13.4. The van der Waals surface area contributed by atoms with Gasteiger partial charge in [0.25, 0.3) is 5.91 Å². The minimum atomic E-state index is -0.0526. The van der Waals surface area contributed by atoms with Crippen molar-refractivity contribution in [2.45, 2.75) is 19.4 Å². The number of carbonyl (C=O) groups is 1. The maximum atomic E-state index is 12.5. The number of furan rings is 1. The quantitative estimate of drug-likeness (QED) is 0.744. The second kappa shape index (κ2) is 5.96. The highest BCUT2D eigenvalue weighted by molar-refractivity contribution is 5.91. The molecule has 1 fully saturated rings. The molecule has 1 amide bonds. The topological polar surface area (TPSA) is 64.2 Å². The Kier molecular flexibility index (Phi) is 3.65. The molecule has 4 heterocycles. The molecule has 1 saturated heterocycles. The van der Waals surface area contributed by atoms with Crippen LogP contribution in [-0.2, 0) is 0 Å². The number of pyridine rings is 1. The van der Waals surface area contributed by atoms with Crippen molar-refractivity contribution in [3.05, 3.63) is 60.6 Å². The van der Waals surface area contributed by atoms with E-state index in [1.54, 1.807) is 18.3 Å². The average Bonchev–Trinajstić information content (AvgIpc) is 3.35. The first kappa shape index (κ1) is 14.7. The maximum absolute atomic E-state index is 12.5. The average molecular weight is 322 g/mol. The Bertz CT molecular complexity index is 839. The molecule has 4 rings (SSSR count). The number of aryl methyl sites for hydroxylation is 1. The number of likely N-dealkylation sites (tertiary alicyclic amines) is 1.